The van der Waals surface area contributed by atoms with Crippen LogP contribution >= 0.6 is 0 Å². The minimum Gasteiger partial charge on any atom is -0.497 e. The van der Waals surface area contributed by atoms with Gasteiger partial charge in [-0.1, -0.05) is 37.3 Å². The number of hydrogen-bond donors (Lipinski definition) is 2. The molecular formula is C22H28N2O3. The van der Waals surface area contributed by atoms with Gasteiger partial charge in [0.05, 0.1) is 18.6 Å². The normalized spacial score (nSPS) is 17.9. The van der Waals surface area contributed by atoms with Crippen molar-refractivity contribution in [1.82, 2.24) is 4.90 Å². The number of aliphatic hydroxyl groups is 1. The lowest BCUT2D eigenvalue weighted by atomic mass is 9.80. The number of benzene rings is 2. The predicted octanol–water partition coefficient (Wildman–Crippen LogP) is 3.30. The molecule has 1 aliphatic heterocycles. The van der Waals surface area contributed by atoms with Gasteiger partial charge in [-0.15, -0.1) is 0 Å². The number of likely N-dealkylation sites (tertiary alicyclic amines) is 1. The van der Waals surface area contributed by atoms with Gasteiger partial charge in [0.15, 0.2) is 0 Å². The van der Waals surface area contributed by atoms with Gasteiger partial charge in [-0.3, -0.25) is 9.69 Å². The third-order valence-corrected chi connectivity index (χ3v) is 5.53. The molecule has 144 valence electrons. The first-order chi connectivity index (χ1) is 13.0. The zero-order chi connectivity index (χ0) is 19.3. The van der Waals surface area contributed by atoms with E-state index in [1.165, 1.54) is 5.56 Å². The van der Waals surface area contributed by atoms with Crippen LogP contribution in [0.15, 0.2) is 54.6 Å². The fourth-order valence-corrected chi connectivity index (χ4v) is 3.54. The van der Waals surface area contributed by atoms with Gasteiger partial charge in [-0.25, -0.2) is 0 Å². The van der Waals surface area contributed by atoms with Crippen molar-refractivity contribution in [1.29, 1.82) is 0 Å². The first-order valence-electron chi connectivity index (χ1n) is 9.44. The van der Waals surface area contributed by atoms with Crippen LogP contribution in [0.5, 0.6) is 5.75 Å². The van der Waals surface area contributed by atoms with Crippen LogP contribution < -0.4 is 10.1 Å². The van der Waals surface area contributed by atoms with Crippen LogP contribution in [-0.2, 0) is 11.3 Å². The van der Waals surface area contributed by atoms with Crippen molar-refractivity contribution in [3.8, 4) is 5.75 Å². The molecule has 0 spiro atoms. The van der Waals surface area contributed by atoms with E-state index in [0.29, 0.717) is 18.5 Å². The zero-order valence-electron chi connectivity index (χ0n) is 16.0. The van der Waals surface area contributed by atoms with Gasteiger partial charge in [0.2, 0.25) is 5.91 Å². The number of hydrogen-bond acceptors (Lipinski definition) is 4. The number of ether oxygens (including phenoxy) is 1. The number of amides is 1. The summed E-state index contributed by atoms with van der Waals surface area (Å²) in [6.07, 6.45) is 1.19. The van der Waals surface area contributed by atoms with E-state index in [1.807, 2.05) is 25.1 Å². The van der Waals surface area contributed by atoms with E-state index < -0.39 is 11.5 Å². The smallest absolute Gasteiger partial charge is 0.230 e. The molecule has 1 unspecified atom stereocenters. The van der Waals surface area contributed by atoms with Crippen LogP contribution in [0.1, 0.15) is 25.3 Å². The van der Waals surface area contributed by atoms with Crippen molar-refractivity contribution in [3.63, 3.8) is 0 Å². The van der Waals surface area contributed by atoms with Gasteiger partial charge < -0.3 is 15.2 Å². The lowest BCUT2D eigenvalue weighted by Crippen LogP contribution is -2.51. The SMILES string of the molecule is COc1ccc(NC(=O)C(C)C2(O)CCN(Cc3ccccc3)CC2)cc1. The van der Waals surface area contributed by atoms with Gasteiger partial charge in [-0.2, -0.15) is 0 Å². The second kappa shape index (κ2) is 8.55. The molecule has 1 heterocycles. The molecule has 5 nitrogen and oxygen atoms in total. The van der Waals surface area contributed by atoms with Gasteiger partial charge in [0.1, 0.15) is 5.75 Å². The Labute approximate surface area is 161 Å². The molecule has 0 bridgehead atoms. The van der Waals surface area contributed by atoms with Gasteiger partial charge in [-0.05, 0) is 42.7 Å². The zero-order valence-corrected chi connectivity index (χ0v) is 16.0. The number of rotatable bonds is 6. The molecule has 1 aliphatic rings. The second-order valence-electron chi connectivity index (χ2n) is 7.30. The molecule has 27 heavy (non-hydrogen) atoms. The Morgan fingerprint density at radius 1 is 1.15 bits per heavy atom. The average Bonchev–Trinajstić information content (AvgIpc) is 2.70. The summed E-state index contributed by atoms with van der Waals surface area (Å²) in [5.41, 5.74) is 1.01. The largest absolute Gasteiger partial charge is 0.497 e. The number of piperidine rings is 1. The summed E-state index contributed by atoms with van der Waals surface area (Å²) >= 11 is 0. The van der Waals surface area contributed by atoms with Crippen molar-refractivity contribution in [2.45, 2.75) is 31.9 Å². The van der Waals surface area contributed by atoms with E-state index >= 15 is 0 Å². The summed E-state index contributed by atoms with van der Waals surface area (Å²) in [4.78, 5) is 15.0. The van der Waals surface area contributed by atoms with E-state index in [2.05, 4.69) is 22.3 Å². The Morgan fingerprint density at radius 2 is 1.78 bits per heavy atom. The van der Waals surface area contributed by atoms with Gasteiger partial charge in [0.25, 0.3) is 0 Å². The highest BCUT2D eigenvalue weighted by molar-refractivity contribution is 5.93. The van der Waals surface area contributed by atoms with Crippen molar-refractivity contribution in [2.24, 2.45) is 5.92 Å². The Bertz CT molecular complexity index is 738. The first-order valence-corrected chi connectivity index (χ1v) is 9.44. The van der Waals surface area contributed by atoms with Crippen LogP contribution in [0, 0.1) is 5.92 Å². The summed E-state index contributed by atoms with van der Waals surface area (Å²) in [5, 5.41) is 13.9. The number of carbonyl (C=O) groups excluding carboxylic acids is 1. The molecule has 1 amide bonds. The molecule has 5 heteroatoms. The van der Waals surface area contributed by atoms with Crippen LogP contribution in [0.2, 0.25) is 0 Å². The monoisotopic (exact) mass is 368 g/mol. The van der Waals surface area contributed by atoms with Crippen LogP contribution in [0.25, 0.3) is 0 Å². The molecule has 3 rings (SSSR count). The van der Waals surface area contributed by atoms with E-state index in [0.717, 1.165) is 25.4 Å². The minimum absolute atomic E-state index is 0.154. The van der Waals surface area contributed by atoms with Crippen molar-refractivity contribution < 1.29 is 14.6 Å². The molecule has 0 aromatic heterocycles. The Hall–Kier alpha value is -2.37. The number of carbonyl (C=O) groups is 1. The molecule has 0 radical (unpaired) electrons. The summed E-state index contributed by atoms with van der Waals surface area (Å²) in [5.74, 6) is 0.114. The first kappa shape index (κ1) is 19.4. The topological polar surface area (TPSA) is 61.8 Å². The second-order valence-corrected chi connectivity index (χ2v) is 7.30. The highest BCUT2D eigenvalue weighted by atomic mass is 16.5. The third kappa shape index (κ3) is 4.87. The van der Waals surface area contributed by atoms with Gasteiger partial charge >= 0.3 is 0 Å². The maximum atomic E-state index is 12.6. The highest BCUT2D eigenvalue weighted by Crippen LogP contribution is 2.31. The Balaban J connectivity index is 1.54. The Morgan fingerprint density at radius 3 is 2.37 bits per heavy atom. The quantitative estimate of drug-likeness (QED) is 0.821. The molecule has 2 aromatic carbocycles. The lowest BCUT2D eigenvalue weighted by molar-refractivity contribution is -0.132. The third-order valence-electron chi connectivity index (χ3n) is 5.53. The van der Waals surface area contributed by atoms with Crippen molar-refractivity contribution >= 4 is 11.6 Å². The van der Waals surface area contributed by atoms with Crippen LogP contribution in [0.4, 0.5) is 5.69 Å². The van der Waals surface area contributed by atoms with Crippen molar-refractivity contribution in [3.05, 3.63) is 60.2 Å². The molecule has 1 fully saturated rings. The maximum Gasteiger partial charge on any atom is 0.230 e. The lowest BCUT2D eigenvalue weighted by Gasteiger charge is -2.41. The average molecular weight is 368 g/mol. The summed E-state index contributed by atoms with van der Waals surface area (Å²) in [7, 11) is 1.61. The van der Waals surface area contributed by atoms with E-state index in [4.69, 9.17) is 4.74 Å². The highest BCUT2D eigenvalue weighted by Gasteiger charge is 2.40. The molecule has 1 atom stereocenters. The summed E-state index contributed by atoms with van der Waals surface area (Å²) < 4.78 is 5.13. The van der Waals surface area contributed by atoms with Crippen LogP contribution in [-0.4, -0.2) is 41.7 Å². The number of nitrogens with one attached hydrogen (secondary N) is 1. The molecule has 0 saturated carbocycles. The Kier molecular flexibility index (Phi) is 6.14. The molecule has 2 N–H and O–H groups in total. The fraction of sp³-hybridized carbons (Fsp3) is 0.409. The van der Waals surface area contributed by atoms with E-state index in [-0.39, 0.29) is 5.91 Å². The van der Waals surface area contributed by atoms with Gasteiger partial charge in [0, 0.05) is 25.3 Å². The summed E-state index contributed by atoms with van der Waals surface area (Å²) in [6.45, 7) is 4.26. The summed E-state index contributed by atoms with van der Waals surface area (Å²) in [6, 6.07) is 17.5. The standard InChI is InChI=1S/C22H28N2O3/c1-17(21(25)23-19-8-10-20(27-2)11-9-19)22(26)12-14-24(15-13-22)16-18-6-4-3-5-7-18/h3-11,17,26H,12-16H2,1-2H3,(H,23,25). The predicted molar refractivity (Wildman–Crippen MR) is 107 cm³/mol. The molecule has 0 aliphatic carbocycles. The van der Waals surface area contributed by atoms with Crippen LogP contribution in [0.3, 0.4) is 0 Å². The maximum absolute atomic E-state index is 12.6. The minimum atomic E-state index is -0.969. The number of methoxy groups -OCH3 is 1. The molecule has 1 saturated heterocycles. The number of anilines is 1. The van der Waals surface area contributed by atoms with E-state index in [1.54, 1.807) is 31.4 Å². The fourth-order valence-electron chi connectivity index (χ4n) is 3.54. The molecular weight excluding hydrogens is 340 g/mol. The number of nitrogens with zero attached hydrogens (tertiary/aromatic N) is 1. The van der Waals surface area contributed by atoms with Crippen molar-refractivity contribution in [2.75, 3.05) is 25.5 Å². The molecule has 2 aromatic rings. The van der Waals surface area contributed by atoms with E-state index in [9.17, 15) is 9.90 Å².